The van der Waals surface area contributed by atoms with Crippen LogP contribution in [-0.4, -0.2) is 35.7 Å². The van der Waals surface area contributed by atoms with Gasteiger partial charge >= 0.3 is 0 Å². The molecule has 0 amide bonds. The molecule has 1 aromatic rings. The molecule has 0 fully saturated rings. The molecular weight excluding hydrogens is 248 g/mol. The predicted molar refractivity (Wildman–Crippen MR) is 76.8 cm³/mol. The third-order valence-corrected chi connectivity index (χ3v) is 3.39. The molecule has 0 spiro atoms. The van der Waals surface area contributed by atoms with Gasteiger partial charge in [-0.3, -0.25) is 4.90 Å². The maximum absolute atomic E-state index is 9.01. The van der Waals surface area contributed by atoms with Crippen LogP contribution in [0.4, 0.5) is 0 Å². The summed E-state index contributed by atoms with van der Waals surface area (Å²) >= 11 is 5.85. The molecule has 0 saturated carbocycles. The molecule has 3 N–H and O–H groups in total. The molecule has 1 aromatic carbocycles. The Morgan fingerprint density at radius 2 is 1.83 bits per heavy atom. The fraction of sp³-hybridized carbons (Fsp3) is 0.571. The van der Waals surface area contributed by atoms with E-state index in [9.17, 15) is 0 Å². The van der Waals surface area contributed by atoms with E-state index in [1.165, 1.54) is 0 Å². The van der Waals surface area contributed by atoms with Gasteiger partial charge in [0.05, 0.1) is 6.61 Å². The van der Waals surface area contributed by atoms with Crippen LogP contribution in [0.3, 0.4) is 0 Å². The second-order valence-corrected chi connectivity index (χ2v) is 5.24. The third-order valence-electron chi connectivity index (χ3n) is 3.14. The van der Waals surface area contributed by atoms with E-state index < -0.39 is 0 Å². The molecule has 0 saturated heterocycles. The summed E-state index contributed by atoms with van der Waals surface area (Å²) in [6, 6.07) is 8.11. The maximum Gasteiger partial charge on any atom is 0.0558 e. The Labute approximate surface area is 115 Å². The molecule has 0 bridgehead atoms. The second kappa shape index (κ2) is 7.74. The SMILES string of the molecule is CC(C)N(CCO)CCC(N)c1ccc(Cl)cc1. The quantitative estimate of drug-likeness (QED) is 0.800. The fourth-order valence-electron chi connectivity index (χ4n) is 1.94. The summed E-state index contributed by atoms with van der Waals surface area (Å²) < 4.78 is 0. The smallest absolute Gasteiger partial charge is 0.0558 e. The number of benzene rings is 1. The second-order valence-electron chi connectivity index (χ2n) is 4.80. The van der Waals surface area contributed by atoms with Crippen LogP contribution in [0.25, 0.3) is 0 Å². The summed E-state index contributed by atoms with van der Waals surface area (Å²) in [7, 11) is 0. The standard InChI is InChI=1S/C14H23ClN2O/c1-11(2)17(9-10-18)8-7-14(16)12-3-5-13(15)6-4-12/h3-6,11,14,18H,7-10,16H2,1-2H3. The van der Waals surface area contributed by atoms with Crippen molar-refractivity contribution in [1.29, 1.82) is 0 Å². The number of aliphatic hydroxyl groups excluding tert-OH is 1. The molecule has 1 unspecified atom stereocenters. The molecule has 1 rings (SSSR count). The summed E-state index contributed by atoms with van der Waals surface area (Å²) in [4.78, 5) is 2.23. The average molecular weight is 271 g/mol. The molecule has 0 aliphatic rings. The Balaban J connectivity index is 2.48. The minimum absolute atomic E-state index is 0.0159. The molecule has 0 heterocycles. The summed E-state index contributed by atoms with van der Waals surface area (Å²) in [5.74, 6) is 0. The highest BCUT2D eigenvalue weighted by molar-refractivity contribution is 6.30. The Kier molecular flexibility index (Phi) is 6.65. The molecule has 1 atom stereocenters. The van der Waals surface area contributed by atoms with Crippen molar-refractivity contribution in [2.45, 2.75) is 32.4 Å². The third kappa shape index (κ3) is 4.94. The van der Waals surface area contributed by atoms with Crippen molar-refractivity contribution < 1.29 is 5.11 Å². The predicted octanol–water partition coefficient (Wildman–Crippen LogP) is 2.43. The first-order valence-corrected chi connectivity index (χ1v) is 6.78. The van der Waals surface area contributed by atoms with Crippen LogP contribution in [0.15, 0.2) is 24.3 Å². The number of nitrogens with two attached hydrogens (primary N) is 1. The summed E-state index contributed by atoms with van der Waals surface area (Å²) in [5.41, 5.74) is 7.26. The lowest BCUT2D eigenvalue weighted by atomic mass is 10.0. The van der Waals surface area contributed by atoms with E-state index >= 15 is 0 Å². The van der Waals surface area contributed by atoms with Crippen LogP contribution >= 0.6 is 11.6 Å². The highest BCUT2D eigenvalue weighted by Gasteiger charge is 2.12. The zero-order chi connectivity index (χ0) is 13.5. The molecule has 0 aromatic heterocycles. The highest BCUT2D eigenvalue weighted by atomic mass is 35.5. The molecule has 0 radical (unpaired) electrons. The molecule has 0 aliphatic carbocycles. The van der Waals surface area contributed by atoms with E-state index in [-0.39, 0.29) is 12.6 Å². The Hall–Kier alpha value is -0.610. The molecule has 102 valence electrons. The topological polar surface area (TPSA) is 49.5 Å². The molecule has 3 nitrogen and oxygen atoms in total. The number of aliphatic hydroxyl groups is 1. The van der Waals surface area contributed by atoms with Crippen LogP contribution < -0.4 is 5.73 Å². The van der Waals surface area contributed by atoms with Crippen molar-refractivity contribution in [2.24, 2.45) is 5.73 Å². The molecule has 4 heteroatoms. The number of halogens is 1. The highest BCUT2D eigenvalue weighted by Crippen LogP contribution is 2.17. The van der Waals surface area contributed by atoms with Crippen LogP contribution in [0.2, 0.25) is 5.02 Å². The first kappa shape index (κ1) is 15.4. The van der Waals surface area contributed by atoms with Crippen molar-refractivity contribution in [1.82, 2.24) is 4.90 Å². The van der Waals surface area contributed by atoms with E-state index in [2.05, 4.69) is 18.7 Å². The van der Waals surface area contributed by atoms with Gasteiger partial charge < -0.3 is 10.8 Å². The number of rotatable bonds is 7. The van der Waals surface area contributed by atoms with Gasteiger partial charge in [-0.15, -0.1) is 0 Å². The van der Waals surface area contributed by atoms with Crippen LogP contribution in [0.5, 0.6) is 0 Å². The first-order valence-electron chi connectivity index (χ1n) is 6.40. The number of hydrogen-bond donors (Lipinski definition) is 2. The van der Waals surface area contributed by atoms with Gasteiger partial charge in [0.15, 0.2) is 0 Å². The number of nitrogens with zero attached hydrogens (tertiary/aromatic N) is 1. The normalized spacial score (nSPS) is 13.3. The van der Waals surface area contributed by atoms with Gasteiger partial charge in [0.25, 0.3) is 0 Å². The summed E-state index contributed by atoms with van der Waals surface area (Å²) in [6.07, 6.45) is 0.875. The lowest BCUT2D eigenvalue weighted by Crippen LogP contribution is -2.35. The van der Waals surface area contributed by atoms with Gasteiger partial charge in [-0.05, 0) is 38.0 Å². The monoisotopic (exact) mass is 270 g/mol. The van der Waals surface area contributed by atoms with Gasteiger partial charge in [-0.1, -0.05) is 23.7 Å². The van der Waals surface area contributed by atoms with Gasteiger partial charge in [-0.2, -0.15) is 0 Å². The van der Waals surface area contributed by atoms with Crippen molar-refractivity contribution in [3.8, 4) is 0 Å². The lowest BCUT2D eigenvalue weighted by molar-refractivity contribution is 0.161. The first-order chi connectivity index (χ1) is 8.54. The summed E-state index contributed by atoms with van der Waals surface area (Å²) in [5, 5.41) is 9.74. The van der Waals surface area contributed by atoms with Gasteiger partial charge in [0.2, 0.25) is 0 Å². The largest absolute Gasteiger partial charge is 0.395 e. The van der Waals surface area contributed by atoms with Gasteiger partial charge in [0.1, 0.15) is 0 Å². The zero-order valence-electron chi connectivity index (χ0n) is 11.1. The van der Waals surface area contributed by atoms with Crippen molar-refractivity contribution >= 4 is 11.6 Å². The van der Waals surface area contributed by atoms with E-state index in [1.54, 1.807) is 0 Å². The minimum Gasteiger partial charge on any atom is -0.395 e. The minimum atomic E-state index is 0.0159. The van der Waals surface area contributed by atoms with Crippen LogP contribution in [0.1, 0.15) is 31.9 Å². The number of hydrogen-bond acceptors (Lipinski definition) is 3. The average Bonchev–Trinajstić information content (AvgIpc) is 2.34. The van der Waals surface area contributed by atoms with Crippen molar-refractivity contribution in [2.75, 3.05) is 19.7 Å². The zero-order valence-corrected chi connectivity index (χ0v) is 11.9. The maximum atomic E-state index is 9.01. The van der Waals surface area contributed by atoms with E-state index in [4.69, 9.17) is 22.4 Å². The van der Waals surface area contributed by atoms with E-state index in [1.807, 2.05) is 24.3 Å². The van der Waals surface area contributed by atoms with Crippen molar-refractivity contribution in [3.05, 3.63) is 34.9 Å². The molecule has 18 heavy (non-hydrogen) atoms. The van der Waals surface area contributed by atoms with Gasteiger partial charge in [0, 0.05) is 30.2 Å². The Morgan fingerprint density at radius 3 is 2.33 bits per heavy atom. The summed E-state index contributed by atoms with van der Waals surface area (Å²) in [6.45, 7) is 6.04. The van der Waals surface area contributed by atoms with E-state index in [0.29, 0.717) is 12.6 Å². The van der Waals surface area contributed by atoms with Crippen LogP contribution in [0, 0.1) is 0 Å². The van der Waals surface area contributed by atoms with Gasteiger partial charge in [-0.25, -0.2) is 0 Å². The molecule has 0 aliphatic heterocycles. The Bertz CT molecular complexity index is 340. The Morgan fingerprint density at radius 1 is 1.22 bits per heavy atom. The van der Waals surface area contributed by atoms with Crippen LogP contribution in [-0.2, 0) is 0 Å². The fourth-order valence-corrected chi connectivity index (χ4v) is 2.06. The molecular formula is C14H23ClN2O. The van der Waals surface area contributed by atoms with Crippen molar-refractivity contribution in [3.63, 3.8) is 0 Å². The van der Waals surface area contributed by atoms with E-state index in [0.717, 1.165) is 23.6 Å². The lowest BCUT2D eigenvalue weighted by Gasteiger charge is -2.26.